The van der Waals surface area contributed by atoms with E-state index in [9.17, 15) is 0 Å². The van der Waals surface area contributed by atoms with E-state index in [0.717, 1.165) is 12.4 Å². The lowest BCUT2D eigenvalue weighted by molar-refractivity contribution is 0.257. The number of hydrogen-bond donors (Lipinski definition) is 1. The van der Waals surface area contributed by atoms with E-state index in [2.05, 4.69) is 23.7 Å². The molecular formula is C10H21N3. The summed E-state index contributed by atoms with van der Waals surface area (Å²) >= 11 is 0. The Morgan fingerprint density at radius 2 is 1.92 bits per heavy atom. The second kappa shape index (κ2) is 5.22. The van der Waals surface area contributed by atoms with Crippen molar-refractivity contribution in [2.24, 2.45) is 10.7 Å². The molecule has 1 aliphatic heterocycles. The van der Waals surface area contributed by atoms with E-state index in [1.165, 1.54) is 32.4 Å². The Bertz CT molecular complexity index is 169. The first-order chi connectivity index (χ1) is 6.18. The Morgan fingerprint density at radius 1 is 1.31 bits per heavy atom. The van der Waals surface area contributed by atoms with Crippen LogP contribution in [0.1, 0.15) is 33.1 Å². The third-order valence-corrected chi connectivity index (χ3v) is 2.26. The molecule has 3 nitrogen and oxygen atoms in total. The van der Waals surface area contributed by atoms with Crippen LogP contribution in [-0.4, -0.2) is 36.4 Å². The number of nitrogens with zero attached hydrogens (tertiary/aromatic N) is 2. The van der Waals surface area contributed by atoms with E-state index in [0.29, 0.717) is 6.04 Å². The molecule has 1 aliphatic rings. The maximum absolute atomic E-state index is 5.81. The zero-order valence-corrected chi connectivity index (χ0v) is 8.79. The number of aliphatic imine (C=N–C) groups is 1. The van der Waals surface area contributed by atoms with Gasteiger partial charge in [-0.1, -0.05) is 6.42 Å². The van der Waals surface area contributed by atoms with Gasteiger partial charge in [0.25, 0.3) is 0 Å². The molecule has 76 valence electrons. The van der Waals surface area contributed by atoms with Gasteiger partial charge in [-0.25, -0.2) is 0 Å². The summed E-state index contributed by atoms with van der Waals surface area (Å²) in [6, 6.07) is 0.324. The molecule has 0 aromatic carbocycles. The van der Waals surface area contributed by atoms with Gasteiger partial charge >= 0.3 is 0 Å². The molecule has 3 heteroatoms. The average molecular weight is 183 g/mol. The molecule has 0 atom stereocenters. The maximum Gasteiger partial charge on any atom is 0.108 e. The molecule has 1 fully saturated rings. The zero-order valence-electron chi connectivity index (χ0n) is 8.79. The van der Waals surface area contributed by atoms with E-state index in [-0.39, 0.29) is 0 Å². The fourth-order valence-corrected chi connectivity index (χ4v) is 1.72. The second-order valence-electron chi connectivity index (χ2n) is 4.05. The lowest BCUT2D eigenvalue weighted by atomic mass is 10.1. The quantitative estimate of drug-likeness (QED) is 0.528. The van der Waals surface area contributed by atoms with E-state index in [1.807, 2.05) is 0 Å². The summed E-state index contributed by atoms with van der Waals surface area (Å²) in [6.45, 7) is 7.35. The Morgan fingerprint density at radius 3 is 2.46 bits per heavy atom. The molecule has 0 unspecified atom stereocenters. The molecule has 0 spiro atoms. The topological polar surface area (TPSA) is 41.6 Å². The minimum atomic E-state index is 0.324. The first-order valence-corrected chi connectivity index (χ1v) is 5.23. The molecule has 2 N–H and O–H groups in total. The van der Waals surface area contributed by atoms with Crippen molar-refractivity contribution in [2.75, 3.05) is 19.6 Å². The average Bonchev–Trinajstić information content (AvgIpc) is 2.04. The highest BCUT2D eigenvalue weighted by atomic mass is 15.1. The smallest absolute Gasteiger partial charge is 0.108 e. The molecular weight excluding hydrogens is 162 g/mol. The number of amidine groups is 1. The van der Waals surface area contributed by atoms with Crippen molar-refractivity contribution in [3.05, 3.63) is 0 Å². The Labute approximate surface area is 81.0 Å². The fourth-order valence-electron chi connectivity index (χ4n) is 1.72. The van der Waals surface area contributed by atoms with Crippen LogP contribution < -0.4 is 5.73 Å². The van der Waals surface area contributed by atoms with Gasteiger partial charge in [-0.3, -0.25) is 9.89 Å². The predicted octanol–water partition coefficient (Wildman–Crippen LogP) is 1.24. The van der Waals surface area contributed by atoms with E-state index in [1.54, 1.807) is 0 Å². The summed E-state index contributed by atoms with van der Waals surface area (Å²) in [6.07, 6.45) is 4.00. The summed E-state index contributed by atoms with van der Waals surface area (Å²) in [4.78, 5) is 6.72. The first-order valence-electron chi connectivity index (χ1n) is 5.23. The standard InChI is InChI=1S/C10H21N3/c1-9(2)12-10(11)8-13-6-4-3-5-7-13/h9H,3-8H2,1-2H3,(H2,11,12). The fraction of sp³-hybridized carbons (Fsp3) is 0.900. The van der Waals surface area contributed by atoms with Gasteiger partial charge in [-0.2, -0.15) is 0 Å². The third kappa shape index (κ3) is 4.27. The predicted molar refractivity (Wildman–Crippen MR) is 57.0 cm³/mol. The summed E-state index contributed by atoms with van der Waals surface area (Å²) in [5.74, 6) is 0.789. The Kier molecular flexibility index (Phi) is 4.22. The van der Waals surface area contributed by atoms with Crippen molar-refractivity contribution in [1.29, 1.82) is 0 Å². The van der Waals surface area contributed by atoms with E-state index >= 15 is 0 Å². The van der Waals surface area contributed by atoms with Gasteiger partial charge < -0.3 is 5.73 Å². The Balaban J connectivity index is 2.29. The number of rotatable bonds is 3. The molecule has 13 heavy (non-hydrogen) atoms. The molecule has 0 aromatic heterocycles. The normalized spacial score (nSPS) is 21.0. The lowest BCUT2D eigenvalue weighted by Gasteiger charge is -2.26. The van der Waals surface area contributed by atoms with Crippen LogP contribution in [0.3, 0.4) is 0 Å². The highest BCUT2D eigenvalue weighted by Gasteiger charge is 2.10. The number of likely N-dealkylation sites (tertiary alicyclic amines) is 1. The van der Waals surface area contributed by atoms with Crippen molar-refractivity contribution in [1.82, 2.24) is 4.90 Å². The van der Waals surface area contributed by atoms with Crippen LogP contribution in [0, 0.1) is 0 Å². The summed E-state index contributed by atoms with van der Waals surface area (Å²) in [5.41, 5.74) is 5.81. The molecule has 0 radical (unpaired) electrons. The van der Waals surface area contributed by atoms with Gasteiger partial charge in [0.05, 0.1) is 6.54 Å². The highest BCUT2D eigenvalue weighted by molar-refractivity contribution is 5.82. The molecule has 0 amide bonds. The molecule has 0 saturated carbocycles. The van der Waals surface area contributed by atoms with E-state index in [4.69, 9.17) is 5.73 Å². The van der Waals surface area contributed by atoms with Crippen molar-refractivity contribution in [2.45, 2.75) is 39.2 Å². The first kappa shape index (κ1) is 10.5. The second-order valence-corrected chi connectivity index (χ2v) is 4.05. The molecule has 1 saturated heterocycles. The summed E-state index contributed by atoms with van der Waals surface area (Å²) < 4.78 is 0. The lowest BCUT2D eigenvalue weighted by Crippen LogP contribution is -2.37. The van der Waals surface area contributed by atoms with Crippen LogP contribution in [0.25, 0.3) is 0 Å². The third-order valence-electron chi connectivity index (χ3n) is 2.26. The molecule has 1 heterocycles. The van der Waals surface area contributed by atoms with Gasteiger partial charge in [-0.15, -0.1) is 0 Å². The summed E-state index contributed by atoms with van der Waals surface area (Å²) in [5, 5.41) is 0. The molecule has 0 aliphatic carbocycles. The Hall–Kier alpha value is -0.570. The van der Waals surface area contributed by atoms with Gasteiger partial charge in [-0.05, 0) is 39.8 Å². The van der Waals surface area contributed by atoms with Crippen LogP contribution in [0.15, 0.2) is 4.99 Å². The maximum atomic E-state index is 5.81. The SMILES string of the molecule is CC(C)N=C(N)CN1CCCCC1. The highest BCUT2D eigenvalue weighted by Crippen LogP contribution is 2.07. The molecule has 1 rings (SSSR count). The zero-order chi connectivity index (χ0) is 9.68. The number of nitrogens with two attached hydrogens (primary N) is 1. The van der Waals surface area contributed by atoms with Crippen molar-refractivity contribution in [3.8, 4) is 0 Å². The van der Waals surface area contributed by atoms with Crippen molar-refractivity contribution >= 4 is 5.84 Å². The van der Waals surface area contributed by atoms with Gasteiger partial charge in [0.1, 0.15) is 5.84 Å². The largest absolute Gasteiger partial charge is 0.386 e. The minimum Gasteiger partial charge on any atom is -0.386 e. The van der Waals surface area contributed by atoms with Crippen molar-refractivity contribution < 1.29 is 0 Å². The summed E-state index contributed by atoms with van der Waals surface area (Å²) in [7, 11) is 0. The number of hydrogen-bond acceptors (Lipinski definition) is 2. The monoisotopic (exact) mass is 183 g/mol. The van der Waals surface area contributed by atoms with E-state index < -0.39 is 0 Å². The van der Waals surface area contributed by atoms with Gasteiger partial charge in [0, 0.05) is 6.04 Å². The van der Waals surface area contributed by atoms with Crippen LogP contribution in [-0.2, 0) is 0 Å². The van der Waals surface area contributed by atoms with Crippen molar-refractivity contribution in [3.63, 3.8) is 0 Å². The molecule has 0 bridgehead atoms. The van der Waals surface area contributed by atoms with Gasteiger partial charge in [0.2, 0.25) is 0 Å². The van der Waals surface area contributed by atoms with Crippen LogP contribution >= 0.6 is 0 Å². The van der Waals surface area contributed by atoms with Crippen LogP contribution in [0.2, 0.25) is 0 Å². The van der Waals surface area contributed by atoms with Crippen LogP contribution in [0.4, 0.5) is 0 Å². The molecule has 0 aromatic rings. The minimum absolute atomic E-state index is 0.324. The van der Waals surface area contributed by atoms with Crippen LogP contribution in [0.5, 0.6) is 0 Å². The van der Waals surface area contributed by atoms with Gasteiger partial charge in [0.15, 0.2) is 0 Å². The number of piperidine rings is 1.